The number of Topliss-reactive ketones (excluding diaryl/α,β-unsaturated/α-hetero) is 1. The number of hydrogen-bond acceptors (Lipinski definition) is 5. The molecule has 1 aliphatic carbocycles. The molecular formula is C24H23ClN4O2. The molecule has 6 nitrogen and oxygen atoms in total. The first-order valence-corrected chi connectivity index (χ1v) is 10.6. The molecular weight excluding hydrogens is 412 g/mol. The summed E-state index contributed by atoms with van der Waals surface area (Å²) >= 11 is 6.13. The quantitative estimate of drug-likeness (QED) is 0.608. The fourth-order valence-electron chi connectivity index (χ4n) is 4.45. The van der Waals surface area contributed by atoms with Crippen LogP contribution < -0.4 is 10.1 Å². The van der Waals surface area contributed by atoms with Gasteiger partial charge in [-0.05, 0) is 41.7 Å². The van der Waals surface area contributed by atoms with Gasteiger partial charge < -0.3 is 10.1 Å². The highest BCUT2D eigenvalue weighted by Gasteiger charge is 2.41. The standard InChI is InChI=1S/C24H23ClN4O2/c1-24(2)12-18-20(19(30)13-24)21(14-7-9-16(25)10-8-14)29-23(26-18)27-22(28-29)15-5-4-6-17(11-15)31-3/h4-11,21H,12-13H2,1-3H3,(H,26,27,28). The lowest BCUT2D eigenvalue weighted by Gasteiger charge is -2.38. The van der Waals surface area contributed by atoms with Gasteiger partial charge in [0, 0.05) is 28.3 Å². The molecule has 2 heterocycles. The molecule has 1 aromatic heterocycles. The lowest BCUT2D eigenvalue weighted by atomic mass is 9.73. The number of nitrogens with zero attached hydrogens (tertiary/aromatic N) is 3. The highest BCUT2D eigenvalue weighted by molar-refractivity contribution is 6.30. The summed E-state index contributed by atoms with van der Waals surface area (Å²) < 4.78 is 7.16. The highest BCUT2D eigenvalue weighted by Crippen LogP contribution is 2.45. The zero-order valence-corrected chi connectivity index (χ0v) is 18.4. The van der Waals surface area contributed by atoms with Crippen LogP contribution in [-0.4, -0.2) is 27.7 Å². The molecule has 7 heteroatoms. The minimum Gasteiger partial charge on any atom is -0.497 e. The van der Waals surface area contributed by atoms with Crippen LogP contribution in [0.4, 0.5) is 5.95 Å². The second-order valence-corrected chi connectivity index (χ2v) is 9.28. The third kappa shape index (κ3) is 3.51. The van der Waals surface area contributed by atoms with Gasteiger partial charge >= 0.3 is 0 Å². The number of anilines is 1. The van der Waals surface area contributed by atoms with E-state index < -0.39 is 0 Å². The summed E-state index contributed by atoms with van der Waals surface area (Å²) in [5, 5.41) is 8.86. The van der Waals surface area contributed by atoms with Crippen LogP contribution >= 0.6 is 11.6 Å². The Balaban J connectivity index is 1.67. The number of ketones is 1. The van der Waals surface area contributed by atoms with Gasteiger partial charge in [-0.3, -0.25) is 4.79 Å². The molecule has 0 fully saturated rings. The summed E-state index contributed by atoms with van der Waals surface area (Å²) in [5.41, 5.74) is 3.39. The highest BCUT2D eigenvalue weighted by atomic mass is 35.5. The maximum Gasteiger partial charge on any atom is 0.226 e. The second kappa shape index (κ2) is 7.24. The Kier molecular flexibility index (Phi) is 4.63. The molecule has 1 unspecified atom stereocenters. The fraction of sp³-hybridized carbons (Fsp3) is 0.292. The zero-order valence-electron chi connectivity index (χ0n) is 17.6. The molecule has 2 aliphatic rings. The Morgan fingerprint density at radius 3 is 2.68 bits per heavy atom. The first-order chi connectivity index (χ1) is 14.8. The monoisotopic (exact) mass is 434 g/mol. The minimum atomic E-state index is -0.348. The van der Waals surface area contributed by atoms with Crippen molar-refractivity contribution in [2.75, 3.05) is 12.4 Å². The second-order valence-electron chi connectivity index (χ2n) is 8.85. The van der Waals surface area contributed by atoms with E-state index in [4.69, 9.17) is 26.4 Å². The predicted octanol–water partition coefficient (Wildman–Crippen LogP) is 5.27. The van der Waals surface area contributed by atoms with Crippen molar-refractivity contribution in [3.05, 3.63) is 70.4 Å². The number of rotatable bonds is 3. The normalized spacial score (nSPS) is 19.5. The van der Waals surface area contributed by atoms with E-state index in [-0.39, 0.29) is 17.2 Å². The number of ether oxygens (including phenoxy) is 1. The van der Waals surface area contributed by atoms with Crippen LogP contribution in [0.5, 0.6) is 5.75 Å². The van der Waals surface area contributed by atoms with Gasteiger partial charge in [-0.25, -0.2) is 4.68 Å². The van der Waals surface area contributed by atoms with Crippen molar-refractivity contribution in [1.29, 1.82) is 0 Å². The predicted molar refractivity (Wildman–Crippen MR) is 120 cm³/mol. The fourth-order valence-corrected chi connectivity index (χ4v) is 4.57. The molecule has 3 aromatic rings. The van der Waals surface area contributed by atoms with Gasteiger partial charge in [0.2, 0.25) is 5.95 Å². The van der Waals surface area contributed by atoms with E-state index >= 15 is 0 Å². The molecule has 1 N–H and O–H groups in total. The van der Waals surface area contributed by atoms with Crippen LogP contribution in [0.2, 0.25) is 5.02 Å². The molecule has 158 valence electrons. The molecule has 5 rings (SSSR count). The molecule has 0 bridgehead atoms. The Labute approximate surface area is 185 Å². The Morgan fingerprint density at radius 1 is 1.16 bits per heavy atom. The molecule has 0 spiro atoms. The number of benzene rings is 2. The van der Waals surface area contributed by atoms with Crippen LogP contribution in [-0.2, 0) is 4.79 Å². The van der Waals surface area contributed by atoms with Crippen LogP contribution in [0, 0.1) is 5.41 Å². The van der Waals surface area contributed by atoms with E-state index in [0.29, 0.717) is 23.2 Å². The van der Waals surface area contributed by atoms with E-state index in [1.54, 1.807) is 7.11 Å². The van der Waals surface area contributed by atoms with Crippen LogP contribution in [0.3, 0.4) is 0 Å². The lowest BCUT2D eigenvalue weighted by molar-refractivity contribution is -0.118. The van der Waals surface area contributed by atoms with Crippen LogP contribution in [0.25, 0.3) is 11.4 Å². The topological polar surface area (TPSA) is 69.0 Å². The average Bonchev–Trinajstić information content (AvgIpc) is 3.16. The van der Waals surface area contributed by atoms with Gasteiger partial charge in [0.1, 0.15) is 11.8 Å². The van der Waals surface area contributed by atoms with Crippen molar-refractivity contribution in [3.63, 3.8) is 0 Å². The van der Waals surface area contributed by atoms with E-state index in [0.717, 1.165) is 34.6 Å². The molecule has 0 radical (unpaired) electrons. The van der Waals surface area contributed by atoms with Gasteiger partial charge in [0.05, 0.1) is 7.11 Å². The molecule has 0 saturated carbocycles. The first kappa shape index (κ1) is 19.8. The number of nitrogens with one attached hydrogen (secondary N) is 1. The molecule has 0 saturated heterocycles. The molecule has 0 amide bonds. The summed E-state index contributed by atoms with van der Waals surface area (Å²) in [6.45, 7) is 4.24. The molecule has 1 aliphatic heterocycles. The van der Waals surface area contributed by atoms with Crippen molar-refractivity contribution >= 4 is 23.3 Å². The Bertz CT molecular complexity index is 1210. The number of methoxy groups -OCH3 is 1. The Morgan fingerprint density at radius 2 is 1.94 bits per heavy atom. The number of fused-ring (bicyclic) bond motifs is 1. The Hall–Kier alpha value is -3.12. The SMILES string of the molecule is COc1cccc(-c2nc3n(n2)C(c2ccc(Cl)cc2)C2=C(CC(C)(C)CC2=O)N3)c1. The third-order valence-corrected chi connectivity index (χ3v) is 6.10. The minimum absolute atomic E-state index is 0.106. The van der Waals surface area contributed by atoms with E-state index in [9.17, 15) is 4.79 Å². The van der Waals surface area contributed by atoms with E-state index in [2.05, 4.69) is 19.2 Å². The van der Waals surface area contributed by atoms with Gasteiger partial charge in [0.15, 0.2) is 11.6 Å². The third-order valence-electron chi connectivity index (χ3n) is 5.85. The molecule has 1 atom stereocenters. The summed E-state index contributed by atoms with van der Waals surface area (Å²) in [5.74, 6) is 2.08. The van der Waals surface area contributed by atoms with Gasteiger partial charge in [-0.15, -0.1) is 5.10 Å². The van der Waals surface area contributed by atoms with Gasteiger partial charge in [-0.2, -0.15) is 4.98 Å². The maximum atomic E-state index is 13.3. The summed E-state index contributed by atoms with van der Waals surface area (Å²) in [7, 11) is 1.63. The molecule has 31 heavy (non-hydrogen) atoms. The first-order valence-electron chi connectivity index (χ1n) is 10.2. The number of aromatic nitrogens is 3. The van der Waals surface area contributed by atoms with Gasteiger partial charge in [-0.1, -0.05) is 49.7 Å². The van der Waals surface area contributed by atoms with Crippen molar-refractivity contribution in [1.82, 2.24) is 14.8 Å². The molecule has 2 aromatic carbocycles. The summed E-state index contributed by atoms with van der Waals surface area (Å²) in [6, 6.07) is 14.9. The number of halogens is 1. The number of hydrogen-bond donors (Lipinski definition) is 1. The zero-order chi connectivity index (χ0) is 21.8. The lowest BCUT2D eigenvalue weighted by Crippen LogP contribution is -2.36. The van der Waals surface area contributed by atoms with Crippen molar-refractivity contribution < 1.29 is 9.53 Å². The maximum absolute atomic E-state index is 13.3. The van der Waals surface area contributed by atoms with Crippen LogP contribution in [0.15, 0.2) is 59.8 Å². The average molecular weight is 435 g/mol. The van der Waals surface area contributed by atoms with Crippen molar-refractivity contribution in [3.8, 4) is 17.1 Å². The number of carbonyl (C=O) groups excluding carboxylic acids is 1. The number of carbonyl (C=O) groups is 1. The van der Waals surface area contributed by atoms with Crippen molar-refractivity contribution in [2.24, 2.45) is 5.41 Å². The van der Waals surface area contributed by atoms with Crippen molar-refractivity contribution in [2.45, 2.75) is 32.7 Å². The smallest absolute Gasteiger partial charge is 0.226 e. The van der Waals surface area contributed by atoms with Crippen LogP contribution in [0.1, 0.15) is 38.3 Å². The number of allylic oxidation sites excluding steroid dienone is 2. The largest absolute Gasteiger partial charge is 0.497 e. The van der Waals surface area contributed by atoms with E-state index in [1.165, 1.54) is 0 Å². The summed E-state index contributed by atoms with van der Waals surface area (Å²) in [4.78, 5) is 18.0. The van der Waals surface area contributed by atoms with E-state index in [1.807, 2.05) is 53.2 Å². The van der Waals surface area contributed by atoms with Gasteiger partial charge in [0.25, 0.3) is 0 Å². The summed E-state index contributed by atoms with van der Waals surface area (Å²) in [6.07, 6.45) is 1.28.